The first-order valence-electron chi connectivity index (χ1n) is 11.5. The Hall–Kier alpha value is -2.92. The van der Waals surface area contributed by atoms with Crippen LogP contribution in [0.3, 0.4) is 0 Å². The van der Waals surface area contributed by atoms with Crippen LogP contribution in [0.15, 0.2) is 48.3 Å². The second-order valence-corrected chi connectivity index (χ2v) is 9.50. The van der Waals surface area contributed by atoms with E-state index >= 15 is 0 Å². The molecule has 0 aliphatic heterocycles. The Morgan fingerprint density at radius 2 is 1.89 bits per heavy atom. The molecule has 5 N–H and O–H groups in total. The van der Waals surface area contributed by atoms with E-state index in [2.05, 4.69) is 10.6 Å². The molecular weight excluding hydrogens is 482 g/mol. The van der Waals surface area contributed by atoms with E-state index < -0.39 is 59.4 Å². The van der Waals surface area contributed by atoms with Crippen molar-refractivity contribution in [2.24, 2.45) is 17.1 Å². The number of hydrogen-bond acceptors (Lipinski definition) is 5. The van der Waals surface area contributed by atoms with Gasteiger partial charge in [0.05, 0.1) is 19.2 Å². The number of allylic oxidation sites excluding steroid dienone is 2. The molecule has 0 heterocycles. The van der Waals surface area contributed by atoms with Crippen molar-refractivity contribution in [2.45, 2.75) is 64.0 Å². The quantitative estimate of drug-likeness (QED) is 0.358. The highest BCUT2D eigenvalue weighted by molar-refractivity contribution is 5.91. The van der Waals surface area contributed by atoms with E-state index in [1.54, 1.807) is 31.2 Å². The van der Waals surface area contributed by atoms with Gasteiger partial charge in [-0.05, 0) is 48.6 Å². The number of ether oxygens (including phenoxy) is 1. The Kier molecular flexibility index (Phi) is 9.67. The number of rotatable bonds is 10. The normalized spacial score (nSPS) is 21.2. The molecule has 2 rings (SSSR count). The predicted molar refractivity (Wildman–Crippen MR) is 126 cm³/mol. The van der Waals surface area contributed by atoms with Gasteiger partial charge in [-0.3, -0.25) is 9.59 Å². The van der Waals surface area contributed by atoms with Crippen LogP contribution in [0.4, 0.5) is 17.6 Å². The van der Waals surface area contributed by atoms with E-state index in [9.17, 15) is 32.3 Å². The number of amides is 2. The second kappa shape index (κ2) is 11.9. The molecule has 2 amide bonds. The lowest BCUT2D eigenvalue weighted by Crippen LogP contribution is -2.62. The van der Waals surface area contributed by atoms with Crippen LogP contribution in [0.1, 0.15) is 32.8 Å². The number of aliphatic hydroxyl groups excluding tert-OH is 1. The molecule has 0 radical (unpaired) electrons. The number of halogens is 4. The van der Waals surface area contributed by atoms with E-state index in [-0.39, 0.29) is 12.8 Å². The summed E-state index contributed by atoms with van der Waals surface area (Å²) in [5.41, 5.74) is 5.42. The summed E-state index contributed by atoms with van der Waals surface area (Å²) >= 11 is 0. The average Bonchev–Trinajstić information content (AvgIpc) is 2.79. The SMILES string of the molecule is COC1=CCC(C)([C@H](NC(=O)[C@@H](N)Cc2cccc(F)c2)C(=O)N[C@@H](C(C)C)[C@H](O)C(F)(F)F)C=C1. The van der Waals surface area contributed by atoms with E-state index in [4.69, 9.17) is 10.5 Å². The maximum absolute atomic E-state index is 13.5. The first-order valence-corrected chi connectivity index (χ1v) is 11.5. The highest BCUT2D eigenvalue weighted by atomic mass is 19.4. The topological polar surface area (TPSA) is 114 Å². The molecule has 1 aliphatic carbocycles. The molecule has 11 heteroatoms. The molecule has 0 bridgehead atoms. The van der Waals surface area contributed by atoms with Gasteiger partial charge in [0.25, 0.3) is 0 Å². The molecule has 0 fully saturated rings. The molecule has 0 saturated heterocycles. The molecule has 5 atom stereocenters. The molecule has 36 heavy (non-hydrogen) atoms. The van der Waals surface area contributed by atoms with Crippen molar-refractivity contribution in [2.75, 3.05) is 7.11 Å². The monoisotopic (exact) mass is 515 g/mol. The summed E-state index contributed by atoms with van der Waals surface area (Å²) in [6, 6.07) is 1.38. The van der Waals surface area contributed by atoms with Gasteiger partial charge in [-0.2, -0.15) is 13.2 Å². The van der Waals surface area contributed by atoms with Gasteiger partial charge in [0.15, 0.2) is 6.10 Å². The number of methoxy groups -OCH3 is 1. The Morgan fingerprint density at radius 1 is 1.22 bits per heavy atom. The first kappa shape index (κ1) is 29.3. The van der Waals surface area contributed by atoms with Crippen LogP contribution in [-0.4, -0.2) is 54.4 Å². The van der Waals surface area contributed by atoms with Crippen LogP contribution in [0, 0.1) is 17.2 Å². The molecule has 0 saturated carbocycles. The lowest BCUT2D eigenvalue weighted by atomic mass is 9.75. The molecular formula is C25H33F4N3O4. The van der Waals surface area contributed by atoms with Crippen molar-refractivity contribution in [1.29, 1.82) is 0 Å². The van der Waals surface area contributed by atoms with Crippen molar-refractivity contribution >= 4 is 11.8 Å². The third-order valence-corrected chi connectivity index (χ3v) is 6.20. The van der Waals surface area contributed by atoms with Gasteiger partial charge in [-0.25, -0.2) is 4.39 Å². The molecule has 1 aliphatic rings. The summed E-state index contributed by atoms with van der Waals surface area (Å²) in [7, 11) is 1.46. The molecule has 7 nitrogen and oxygen atoms in total. The van der Waals surface area contributed by atoms with Gasteiger partial charge < -0.3 is 26.2 Å². The molecule has 0 aromatic heterocycles. The third-order valence-electron chi connectivity index (χ3n) is 6.20. The molecule has 1 unspecified atom stereocenters. The van der Waals surface area contributed by atoms with Crippen molar-refractivity contribution in [3.63, 3.8) is 0 Å². The summed E-state index contributed by atoms with van der Waals surface area (Å²) in [4.78, 5) is 26.3. The minimum atomic E-state index is -4.96. The van der Waals surface area contributed by atoms with Gasteiger partial charge in [-0.15, -0.1) is 0 Å². The summed E-state index contributed by atoms with van der Waals surface area (Å²) in [6.45, 7) is 4.51. The van der Waals surface area contributed by atoms with E-state index in [1.165, 1.54) is 39.2 Å². The predicted octanol–water partition coefficient (Wildman–Crippen LogP) is 2.74. The Morgan fingerprint density at radius 3 is 2.39 bits per heavy atom. The smallest absolute Gasteiger partial charge is 0.416 e. The van der Waals surface area contributed by atoms with Gasteiger partial charge in [0.2, 0.25) is 11.8 Å². The van der Waals surface area contributed by atoms with Crippen molar-refractivity contribution < 1.29 is 37.0 Å². The zero-order chi connectivity index (χ0) is 27.3. The lowest BCUT2D eigenvalue weighted by molar-refractivity contribution is -0.215. The Balaban J connectivity index is 2.30. The maximum atomic E-state index is 13.5. The minimum absolute atomic E-state index is 0.0282. The molecule has 200 valence electrons. The summed E-state index contributed by atoms with van der Waals surface area (Å²) < 4.78 is 58.4. The van der Waals surface area contributed by atoms with Crippen molar-refractivity contribution in [1.82, 2.24) is 10.6 Å². The van der Waals surface area contributed by atoms with E-state index in [0.29, 0.717) is 11.3 Å². The zero-order valence-electron chi connectivity index (χ0n) is 20.6. The number of carbonyl (C=O) groups excluding carboxylic acids is 2. The first-order chi connectivity index (χ1) is 16.7. The molecule has 1 aromatic rings. The van der Waals surface area contributed by atoms with Crippen LogP contribution < -0.4 is 16.4 Å². The van der Waals surface area contributed by atoms with Crippen LogP contribution in [0.5, 0.6) is 0 Å². The highest BCUT2D eigenvalue weighted by Crippen LogP contribution is 2.34. The summed E-state index contributed by atoms with van der Waals surface area (Å²) in [5, 5.41) is 14.7. The summed E-state index contributed by atoms with van der Waals surface area (Å²) in [6.07, 6.45) is -2.67. The third kappa shape index (κ3) is 7.54. The fourth-order valence-electron chi connectivity index (χ4n) is 3.95. The van der Waals surface area contributed by atoms with Crippen LogP contribution >= 0.6 is 0 Å². The van der Waals surface area contributed by atoms with E-state index in [0.717, 1.165) is 0 Å². The van der Waals surface area contributed by atoms with Crippen LogP contribution in [0.25, 0.3) is 0 Å². The lowest BCUT2D eigenvalue weighted by Gasteiger charge is -2.38. The number of aliphatic hydroxyl groups is 1. The van der Waals surface area contributed by atoms with Crippen LogP contribution in [0.2, 0.25) is 0 Å². The molecule has 1 aromatic carbocycles. The van der Waals surface area contributed by atoms with Crippen molar-refractivity contribution in [3.05, 3.63) is 59.6 Å². The fourth-order valence-corrected chi connectivity index (χ4v) is 3.95. The summed E-state index contributed by atoms with van der Waals surface area (Å²) in [5.74, 6) is -2.40. The number of nitrogens with one attached hydrogen (secondary N) is 2. The van der Waals surface area contributed by atoms with Gasteiger partial charge >= 0.3 is 6.18 Å². The van der Waals surface area contributed by atoms with Crippen LogP contribution in [-0.2, 0) is 20.7 Å². The zero-order valence-corrected chi connectivity index (χ0v) is 20.6. The van der Waals surface area contributed by atoms with Gasteiger partial charge in [0.1, 0.15) is 17.6 Å². The highest BCUT2D eigenvalue weighted by Gasteiger charge is 2.47. The maximum Gasteiger partial charge on any atom is 0.416 e. The number of alkyl halides is 3. The number of nitrogens with two attached hydrogens (primary N) is 1. The number of carbonyl (C=O) groups is 2. The standard InChI is InChI=1S/C25H33F4N3O4/c1-14(2)19(21(33)25(27,28)29)31-23(35)20(24(3)10-8-17(36-4)9-11-24)32-22(34)18(30)13-15-6-5-7-16(26)12-15/h5-10,12,14,18-21,33H,11,13,30H2,1-4H3,(H,31,35)(H,32,34)/t18-,19-,20+,21-,24?/m0/s1. The Labute approximate surface area is 207 Å². The molecule has 0 spiro atoms. The fraction of sp³-hybridized carbons (Fsp3) is 0.520. The van der Waals surface area contributed by atoms with Gasteiger partial charge in [-0.1, -0.05) is 39.0 Å². The minimum Gasteiger partial charge on any atom is -0.497 e. The largest absolute Gasteiger partial charge is 0.497 e. The average molecular weight is 516 g/mol. The van der Waals surface area contributed by atoms with E-state index in [1.807, 2.05) is 0 Å². The Bertz CT molecular complexity index is 996. The van der Waals surface area contributed by atoms with Gasteiger partial charge in [0, 0.05) is 5.41 Å². The van der Waals surface area contributed by atoms with Crippen molar-refractivity contribution in [3.8, 4) is 0 Å². The second-order valence-electron chi connectivity index (χ2n) is 9.50. The number of hydrogen-bond donors (Lipinski definition) is 4. The number of benzene rings is 1.